The normalized spacial score (nSPS) is 15.5. The average molecular weight is 388 g/mol. The van der Waals surface area contributed by atoms with E-state index in [1.807, 2.05) is 0 Å². The summed E-state index contributed by atoms with van der Waals surface area (Å²) in [5, 5.41) is 2.41. The number of esters is 1. The van der Waals surface area contributed by atoms with Gasteiger partial charge in [-0.1, -0.05) is 24.8 Å². The standard InChI is InChI=1S/C20H24N2O6/c1-6-11-27-18(25)15(21-19(26)28-20(3,4)5)12(2)22-16(23)13-9-7-8-10-14(13)17(22)24/h6-10,12,15H,1,11H2,2-5H3,(H,21,26). The first-order chi connectivity index (χ1) is 13.1. The van der Waals surface area contributed by atoms with Crippen LogP contribution in [0.2, 0.25) is 0 Å². The Balaban J connectivity index is 2.28. The summed E-state index contributed by atoms with van der Waals surface area (Å²) in [4.78, 5) is 51.0. The Morgan fingerprint density at radius 1 is 1.18 bits per heavy atom. The first-order valence-corrected chi connectivity index (χ1v) is 8.80. The van der Waals surface area contributed by atoms with Gasteiger partial charge in [0, 0.05) is 0 Å². The van der Waals surface area contributed by atoms with Gasteiger partial charge < -0.3 is 14.8 Å². The molecule has 1 aromatic carbocycles. The van der Waals surface area contributed by atoms with Crippen molar-refractivity contribution in [2.45, 2.75) is 45.4 Å². The largest absolute Gasteiger partial charge is 0.460 e. The number of carbonyl (C=O) groups is 4. The van der Waals surface area contributed by atoms with Gasteiger partial charge >= 0.3 is 12.1 Å². The molecule has 8 nitrogen and oxygen atoms in total. The van der Waals surface area contributed by atoms with Crippen LogP contribution in [-0.4, -0.2) is 53.1 Å². The molecule has 28 heavy (non-hydrogen) atoms. The van der Waals surface area contributed by atoms with Crippen LogP contribution in [0.5, 0.6) is 0 Å². The first kappa shape index (κ1) is 21.1. The van der Waals surface area contributed by atoms with E-state index in [9.17, 15) is 19.2 Å². The zero-order chi connectivity index (χ0) is 21.1. The van der Waals surface area contributed by atoms with Gasteiger partial charge in [0.2, 0.25) is 0 Å². The van der Waals surface area contributed by atoms with Crippen LogP contribution in [0.15, 0.2) is 36.9 Å². The van der Waals surface area contributed by atoms with Crippen LogP contribution in [0.1, 0.15) is 48.4 Å². The summed E-state index contributed by atoms with van der Waals surface area (Å²) in [6.45, 7) is 9.88. The van der Waals surface area contributed by atoms with Crippen molar-refractivity contribution in [3.63, 3.8) is 0 Å². The quantitative estimate of drug-likeness (QED) is 0.456. The fraction of sp³-hybridized carbons (Fsp3) is 0.400. The monoisotopic (exact) mass is 388 g/mol. The van der Waals surface area contributed by atoms with Crippen molar-refractivity contribution in [2.24, 2.45) is 0 Å². The van der Waals surface area contributed by atoms with E-state index in [-0.39, 0.29) is 17.7 Å². The van der Waals surface area contributed by atoms with Crippen LogP contribution in [-0.2, 0) is 14.3 Å². The molecule has 1 aromatic rings. The van der Waals surface area contributed by atoms with Gasteiger partial charge in [0.1, 0.15) is 12.2 Å². The highest BCUT2D eigenvalue weighted by Crippen LogP contribution is 2.26. The van der Waals surface area contributed by atoms with Crippen molar-refractivity contribution >= 4 is 23.9 Å². The third kappa shape index (κ3) is 4.57. The maximum absolute atomic E-state index is 12.7. The second kappa shape index (κ2) is 8.24. The van der Waals surface area contributed by atoms with Crippen LogP contribution in [0.3, 0.4) is 0 Å². The van der Waals surface area contributed by atoms with Crippen molar-refractivity contribution in [1.29, 1.82) is 0 Å². The highest BCUT2D eigenvalue weighted by molar-refractivity contribution is 6.21. The van der Waals surface area contributed by atoms with Gasteiger partial charge in [0.05, 0.1) is 17.2 Å². The summed E-state index contributed by atoms with van der Waals surface area (Å²) < 4.78 is 10.2. The molecule has 0 saturated carbocycles. The first-order valence-electron chi connectivity index (χ1n) is 8.80. The number of nitrogens with zero attached hydrogens (tertiary/aromatic N) is 1. The predicted octanol–water partition coefficient (Wildman–Crippen LogP) is 2.29. The molecule has 1 heterocycles. The Hall–Kier alpha value is -3.16. The Kier molecular flexibility index (Phi) is 6.23. The number of rotatable bonds is 6. The van der Waals surface area contributed by atoms with E-state index < -0.39 is 41.6 Å². The molecule has 1 aliphatic heterocycles. The predicted molar refractivity (Wildman–Crippen MR) is 101 cm³/mol. The van der Waals surface area contributed by atoms with Crippen molar-refractivity contribution in [1.82, 2.24) is 10.2 Å². The number of benzene rings is 1. The summed E-state index contributed by atoms with van der Waals surface area (Å²) in [6, 6.07) is 4.05. The Bertz CT molecular complexity index is 776. The molecule has 0 spiro atoms. The molecule has 1 N–H and O–H groups in total. The number of ether oxygens (including phenoxy) is 2. The minimum Gasteiger partial charge on any atom is -0.460 e. The lowest BCUT2D eigenvalue weighted by atomic mass is 10.1. The van der Waals surface area contributed by atoms with Crippen LogP contribution in [0, 0.1) is 0 Å². The van der Waals surface area contributed by atoms with E-state index >= 15 is 0 Å². The molecule has 8 heteroatoms. The highest BCUT2D eigenvalue weighted by Gasteiger charge is 2.44. The fourth-order valence-electron chi connectivity index (χ4n) is 2.77. The lowest BCUT2D eigenvalue weighted by Gasteiger charge is -2.30. The van der Waals surface area contributed by atoms with Crippen molar-refractivity contribution in [2.75, 3.05) is 6.61 Å². The van der Waals surface area contributed by atoms with E-state index in [0.717, 1.165) is 4.90 Å². The maximum Gasteiger partial charge on any atom is 0.408 e. The van der Waals surface area contributed by atoms with E-state index in [4.69, 9.17) is 9.47 Å². The molecule has 0 bridgehead atoms. The molecule has 0 saturated heterocycles. The summed E-state index contributed by atoms with van der Waals surface area (Å²) in [6.07, 6.45) is 0.506. The number of hydrogen-bond donors (Lipinski definition) is 1. The smallest absolute Gasteiger partial charge is 0.408 e. The van der Waals surface area contributed by atoms with Gasteiger partial charge in [0.25, 0.3) is 11.8 Å². The summed E-state index contributed by atoms with van der Waals surface area (Å²) in [5.41, 5.74) is -0.303. The van der Waals surface area contributed by atoms with E-state index in [2.05, 4.69) is 11.9 Å². The molecule has 2 atom stereocenters. The van der Waals surface area contributed by atoms with Gasteiger partial charge in [-0.25, -0.2) is 9.59 Å². The van der Waals surface area contributed by atoms with Crippen LogP contribution in [0.4, 0.5) is 4.79 Å². The van der Waals surface area contributed by atoms with Gasteiger partial charge in [-0.05, 0) is 39.8 Å². The molecular weight excluding hydrogens is 364 g/mol. The van der Waals surface area contributed by atoms with Gasteiger partial charge in [-0.2, -0.15) is 0 Å². The van der Waals surface area contributed by atoms with E-state index in [0.29, 0.717) is 0 Å². The van der Waals surface area contributed by atoms with Crippen molar-refractivity contribution < 1.29 is 28.7 Å². The number of carbonyl (C=O) groups excluding carboxylic acids is 4. The third-order valence-electron chi connectivity index (χ3n) is 3.98. The molecule has 0 fully saturated rings. The molecule has 2 unspecified atom stereocenters. The lowest BCUT2D eigenvalue weighted by Crippen LogP contribution is -2.57. The Morgan fingerprint density at radius 3 is 2.18 bits per heavy atom. The van der Waals surface area contributed by atoms with E-state index in [1.165, 1.54) is 25.1 Å². The minimum atomic E-state index is -1.31. The molecule has 1 aliphatic rings. The average Bonchev–Trinajstić information content (AvgIpc) is 2.87. The van der Waals surface area contributed by atoms with Crippen molar-refractivity contribution in [3.8, 4) is 0 Å². The molecule has 3 amide bonds. The number of imide groups is 1. The highest BCUT2D eigenvalue weighted by atomic mass is 16.6. The van der Waals surface area contributed by atoms with Crippen molar-refractivity contribution in [3.05, 3.63) is 48.0 Å². The summed E-state index contributed by atoms with van der Waals surface area (Å²) in [7, 11) is 0. The number of amides is 3. The second-order valence-corrected chi connectivity index (χ2v) is 7.31. The number of fused-ring (bicyclic) bond motifs is 1. The Morgan fingerprint density at radius 2 is 1.71 bits per heavy atom. The molecular formula is C20H24N2O6. The number of alkyl carbamates (subject to hydrolysis) is 1. The maximum atomic E-state index is 12.7. The molecule has 0 aromatic heterocycles. The number of nitrogens with one attached hydrogen (secondary N) is 1. The van der Waals surface area contributed by atoms with E-state index in [1.54, 1.807) is 32.9 Å². The summed E-state index contributed by atoms with van der Waals surface area (Å²) in [5.74, 6) is -1.89. The second-order valence-electron chi connectivity index (χ2n) is 7.31. The van der Waals surface area contributed by atoms with Gasteiger partial charge in [0.15, 0.2) is 6.04 Å². The number of hydrogen-bond acceptors (Lipinski definition) is 6. The SMILES string of the molecule is C=CCOC(=O)C(NC(=O)OC(C)(C)C)C(C)N1C(=O)c2ccccc2C1=O. The van der Waals surface area contributed by atoms with Crippen LogP contribution in [0.25, 0.3) is 0 Å². The van der Waals surface area contributed by atoms with Crippen LogP contribution < -0.4 is 5.32 Å². The van der Waals surface area contributed by atoms with Gasteiger partial charge in [-0.3, -0.25) is 14.5 Å². The minimum absolute atomic E-state index is 0.0832. The third-order valence-corrected chi connectivity index (χ3v) is 3.98. The molecule has 0 radical (unpaired) electrons. The van der Waals surface area contributed by atoms with Crippen LogP contribution >= 0.6 is 0 Å². The zero-order valence-corrected chi connectivity index (χ0v) is 16.4. The summed E-state index contributed by atoms with van der Waals surface area (Å²) >= 11 is 0. The molecule has 150 valence electrons. The van der Waals surface area contributed by atoms with Gasteiger partial charge in [-0.15, -0.1) is 0 Å². The lowest BCUT2D eigenvalue weighted by molar-refractivity contribution is -0.146. The Labute approximate surface area is 163 Å². The zero-order valence-electron chi connectivity index (χ0n) is 16.4. The molecule has 0 aliphatic carbocycles. The topological polar surface area (TPSA) is 102 Å². The fourth-order valence-corrected chi connectivity index (χ4v) is 2.77. The molecule has 2 rings (SSSR count).